The van der Waals surface area contributed by atoms with Gasteiger partial charge in [0, 0.05) is 23.0 Å². The van der Waals surface area contributed by atoms with Crippen molar-refractivity contribution >= 4 is 15.9 Å². The topological polar surface area (TPSA) is 21.3 Å². The van der Waals surface area contributed by atoms with Gasteiger partial charge in [0.05, 0.1) is 13.2 Å². The second kappa shape index (κ2) is 4.86. The molecule has 1 aromatic carbocycles. The first-order valence-corrected chi connectivity index (χ1v) is 6.42. The minimum atomic E-state index is 0.344. The van der Waals surface area contributed by atoms with Crippen molar-refractivity contribution in [1.29, 1.82) is 0 Å². The number of aryl methyl sites for hydroxylation is 1. The zero-order valence-electron chi connectivity index (χ0n) is 9.85. The highest BCUT2D eigenvalue weighted by atomic mass is 79.9. The lowest BCUT2D eigenvalue weighted by Crippen LogP contribution is -2.47. The normalized spacial score (nSPS) is 18.2. The second-order valence-electron chi connectivity index (χ2n) is 5.00. The lowest BCUT2D eigenvalue weighted by atomic mass is 9.89. The SMILES string of the molecule is Cc1ccc(CNCC2(C)COC2)c(Br)c1. The molecule has 1 saturated heterocycles. The lowest BCUT2D eigenvalue weighted by molar-refractivity contribution is -0.0991. The largest absolute Gasteiger partial charge is 0.380 e. The van der Waals surface area contributed by atoms with Crippen LogP contribution < -0.4 is 5.32 Å². The van der Waals surface area contributed by atoms with Gasteiger partial charge in [-0.1, -0.05) is 35.0 Å². The summed E-state index contributed by atoms with van der Waals surface area (Å²) in [4.78, 5) is 0. The molecular weight excluding hydrogens is 266 g/mol. The first-order valence-electron chi connectivity index (χ1n) is 5.63. The van der Waals surface area contributed by atoms with E-state index in [4.69, 9.17) is 4.74 Å². The molecule has 1 N–H and O–H groups in total. The van der Waals surface area contributed by atoms with Gasteiger partial charge in [0.1, 0.15) is 0 Å². The maximum atomic E-state index is 5.23. The molecule has 0 unspecified atom stereocenters. The molecule has 0 radical (unpaired) electrons. The monoisotopic (exact) mass is 283 g/mol. The number of benzene rings is 1. The minimum Gasteiger partial charge on any atom is -0.380 e. The Morgan fingerprint density at radius 2 is 2.19 bits per heavy atom. The van der Waals surface area contributed by atoms with Crippen molar-refractivity contribution in [3.8, 4) is 0 Å². The molecule has 0 aromatic heterocycles. The van der Waals surface area contributed by atoms with Gasteiger partial charge >= 0.3 is 0 Å². The van der Waals surface area contributed by atoms with E-state index in [-0.39, 0.29) is 0 Å². The fourth-order valence-electron chi connectivity index (χ4n) is 1.85. The quantitative estimate of drug-likeness (QED) is 0.918. The zero-order valence-corrected chi connectivity index (χ0v) is 11.4. The summed E-state index contributed by atoms with van der Waals surface area (Å²) in [6.07, 6.45) is 0. The Morgan fingerprint density at radius 3 is 2.75 bits per heavy atom. The summed E-state index contributed by atoms with van der Waals surface area (Å²) in [5, 5.41) is 3.49. The number of hydrogen-bond acceptors (Lipinski definition) is 2. The van der Waals surface area contributed by atoms with E-state index in [1.54, 1.807) is 0 Å². The molecule has 0 amide bonds. The molecule has 1 aromatic rings. The highest BCUT2D eigenvalue weighted by molar-refractivity contribution is 9.10. The number of nitrogens with one attached hydrogen (secondary N) is 1. The van der Waals surface area contributed by atoms with Crippen LogP contribution in [0.1, 0.15) is 18.1 Å². The van der Waals surface area contributed by atoms with Crippen LogP contribution in [0.25, 0.3) is 0 Å². The maximum absolute atomic E-state index is 5.23. The number of ether oxygens (including phenoxy) is 1. The Kier molecular flexibility index (Phi) is 3.67. The summed E-state index contributed by atoms with van der Waals surface area (Å²) in [7, 11) is 0. The lowest BCUT2D eigenvalue weighted by Gasteiger charge is -2.38. The third kappa shape index (κ3) is 2.84. The summed E-state index contributed by atoms with van der Waals surface area (Å²) in [6.45, 7) is 8.07. The number of rotatable bonds is 4. The van der Waals surface area contributed by atoms with Gasteiger partial charge in [-0.25, -0.2) is 0 Å². The standard InChI is InChI=1S/C13H18BrNO/c1-10-3-4-11(12(14)5-10)6-15-7-13(2)8-16-9-13/h3-5,15H,6-9H2,1-2H3. The highest BCUT2D eigenvalue weighted by Crippen LogP contribution is 2.25. The number of halogens is 1. The Morgan fingerprint density at radius 1 is 1.44 bits per heavy atom. The van der Waals surface area contributed by atoms with Crippen LogP contribution in [0.5, 0.6) is 0 Å². The van der Waals surface area contributed by atoms with Crippen LogP contribution in [0, 0.1) is 12.3 Å². The predicted octanol–water partition coefficient (Wildman–Crippen LogP) is 2.88. The van der Waals surface area contributed by atoms with Crippen LogP contribution in [0.4, 0.5) is 0 Å². The third-order valence-electron chi connectivity index (χ3n) is 2.98. The van der Waals surface area contributed by atoms with Crippen LogP contribution in [-0.4, -0.2) is 19.8 Å². The molecule has 0 bridgehead atoms. The Bertz CT molecular complexity index is 374. The van der Waals surface area contributed by atoms with Crippen LogP contribution in [0.2, 0.25) is 0 Å². The Balaban J connectivity index is 1.85. The van der Waals surface area contributed by atoms with Crippen molar-refractivity contribution < 1.29 is 4.74 Å². The fraction of sp³-hybridized carbons (Fsp3) is 0.538. The van der Waals surface area contributed by atoms with Gasteiger partial charge in [0.25, 0.3) is 0 Å². The van der Waals surface area contributed by atoms with Crippen molar-refractivity contribution in [2.45, 2.75) is 20.4 Å². The first-order chi connectivity index (χ1) is 7.59. The van der Waals surface area contributed by atoms with Crippen LogP contribution in [0.15, 0.2) is 22.7 Å². The van der Waals surface area contributed by atoms with Crippen molar-refractivity contribution in [1.82, 2.24) is 5.32 Å². The van der Waals surface area contributed by atoms with Crippen LogP contribution in [-0.2, 0) is 11.3 Å². The molecule has 0 atom stereocenters. The molecule has 0 aliphatic carbocycles. The molecule has 1 heterocycles. The molecule has 0 saturated carbocycles. The fourth-order valence-corrected chi connectivity index (χ4v) is 2.48. The van der Waals surface area contributed by atoms with Gasteiger partial charge in [-0.05, 0) is 24.1 Å². The Hall–Kier alpha value is -0.380. The predicted molar refractivity (Wildman–Crippen MR) is 69.5 cm³/mol. The van der Waals surface area contributed by atoms with Gasteiger partial charge in [-0.15, -0.1) is 0 Å². The first kappa shape index (κ1) is 12.1. The summed E-state index contributed by atoms with van der Waals surface area (Å²) >= 11 is 3.59. The average molecular weight is 284 g/mol. The van der Waals surface area contributed by atoms with Gasteiger partial charge in [-0.2, -0.15) is 0 Å². The van der Waals surface area contributed by atoms with E-state index in [1.165, 1.54) is 15.6 Å². The molecular formula is C13H18BrNO. The molecule has 1 fully saturated rings. The summed E-state index contributed by atoms with van der Waals surface area (Å²) in [5.41, 5.74) is 2.95. The van der Waals surface area contributed by atoms with E-state index in [9.17, 15) is 0 Å². The van der Waals surface area contributed by atoms with Crippen molar-refractivity contribution in [2.24, 2.45) is 5.41 Å². The van der Waals surface area contributed by atoms with Crippen molar-refractivity contribution in [3.63, 3.8) is 0 Å². The molecule has 2 rings (SSSR count). The maximum Gasteiger partial charge on any atom is 0.0554 e. The van der Waals surface area contributed by atoms with E-state index in [2.05, 4.69) is 53.3 Å². The van der Waals surface area contributed by atoms with Gasteiger partial charge in [0.15, 0.2) is 0 Å². The van der Waals surface area contributed by atoms with Crippen LogP contribution in [0.3, 0.4) is 0 Å². The Labute approximate surface area is 106 Å². The molecule has 0 spiro atoms. The highest BCUT2D eigenvalue weighted by Gasteiger charge is 2.32. The third-order valence-corrected chi connectivity index (χ3v) is 3.72. The van der Waals surface area contributed by atoms with E-state index < -0.39 is 0 Å². The molecule has 3 heteroatoms. The smallest absolute Gasteiger partial charge is 0.0554 e. The molecule has 88 valence electrons. The van der Waals surface area contributed by atoms with Crippen molar-refractivity contribution in [3.05, 3.63) is 33.8 Å². The van der Waals surface area contributed by atoms with Gasteiger partial charge < -0.3 is 10.1 Å². The molecule has 1 aliphatic heterocycles. The van der Waals surface area contributed by atoms with E-state index in [0.29, 0.717) is 5.41 Å². The minimum absolute atomic E-state index is 0.344. The zero-order chi connectivity index (χ0) is 11.6. The summed E-state index contributed by atoms with van der Waals surface area (Å²) in [5.74, 6) is 0. The van der Waals surface area contributed by atoms with E-state index in [0.717, 1.165) is 26.3 Å². The summed E-state index contributed by atoms with van der Waals surface area (Å²) < 4.78 is 6.42. The average Bonchev–Trinajstić information content (AvgIpc) is 2.19. The number of hydrogen-bond donors (Lipinski definition) is 1. The second-order valence-corrected chi connectivity index (χ2v) is 5.86. The van der Waals surface area contributed by atoms with Gasteiger partial charge in [0.2, 0.25) is 0 Å². The van der Waals surface area contributed by atoms with E-state index in [1.807, 2.05) is 0 Å². The molecule has 1 aliphatic rings. The summed E-state index contributed by atoms with van der Waals surface area (Å²) in [6, 6.07) is 6.48. The molecule has 16 heavy (non-hydrogen) atoms. The van der Waals surface area contributed by atoms with Gasteiger partial charge in [-0.3, -0.25) is 0 Å². The van der Waals surface area contributed by atoms with E-state index >= 15 is 0 Å². The van der Waals surface area contributed by atoms with Crippen LogP contribution >= 0.6 is 15.9 Å². The van der Waals surface area contributed by atoms with Crippen molar-refractivity contribution in [2.75, 3.05) is 19.8 Å². The molecule has 2 nitrogen and oxygen atoms in total.